The maximum absolute atomic E-state index is 13.4. The monoisotopic (exact) mass is 1320 g/mol. The third kappa shape index (κ3) is 15.6. The zero-order chi connectivity index (χ0) is 63.3. The average Bonchev–Trinajstić information content (AvgIpc) is 1.85. The molecule has 8 aromatic rings. The predicted molar refractivity (Wildman–Crippen MR) is 349 cm³/mol. The number of carbonyl (C=O) groups is 1. The van der Waals surface area contributed by atoms with Crippen LogP contribution in [0.25, 0.3) is 32.7 Å². The molecule has 0 saturated carbocycles. The maximum Gasteiger partial charge on any atom is 0.279 e. The van der Waals surface area contributed by atoms with E-state index in [9.17, 15) is 47.2 Å². The highest BCUT2D eigenvalue weighted by Gasteiger charge is 2.40. The second-order valence-electron chi connectivity index (χ2n) is 23.3. The molecule has 1 amide bonds. The van der Waals surface area contributed by atoms with Crippen molar-refractivity contribution in [1.29, 1.82) is 0 Å². The fourth-order valence-electron chi connectivity index (χ4n) is 13.0. The minimum Gasteiger partial charge on any atom is -0.367 e. The van der Waals surface area contributed by atoms with E-state index >= 15 is 0 Å². The third-order valence-electron chi connectivity index (χ3n) is 17.7. The number of aromatic nitrogens is 3. The Bertz CT molecular complexity index is 4240. The van der Waals surface area contributed by atoms with Crippen LogP contribution in [-0.4, -0.2) is 156 Å². The Kier molecular flexibility index (Phi) is 20.7. The van der Waals surface area contributed by atoms with Gasteiger partial charge in [0.05, 0.1) is 29.4 Å². The molecular formula is C63H77ClF2N10O9S4. The van der Waals surface area contributed by atoms with E-state index in [4.69, 9.17) is 11.6 Å². The summed E-state index contributed by atoms with van der Waals surface area (Å²) in [4.78, 5) is 24.0. The Morgan fingerprint density at radius 3 is 1.63 bits per heavy atom. The molecule has 5 N–H and O–H groups in total. The maximum atomic E-state index is 13.4. The normalized spacial score (nSPS) is 19.1. The molecule has 13 rings (SSSR count). The van der Waals surface area contributed by atoms with Crippen molar-refractivity contribution in [2.75, 3.05) is 94.7 Å². The molecule has 19 nitrogen and oxygen atoms in total. The quantitative estimate of drug-likeness (QED) is 0.0732. The SMILES string of the molecule is CCCS(=O)(=O)N1CCC(c2c[nH]c3cc(F)ccc23)CC1.CNS(=O)(=O)N1CCN(c2c[nH]c3ccccc23)CC1.CS(=O)(=O)N1CCC(C2C(=O)Nc3ccc(Cl)cc32)CC1.O=S(=O)(Cc1ccccc1)N1CCC(c2c[nH]c3cc(F)ccc23)CC1. The number of piperazine rings is 1. The van der Waals surface area contributed by atoms with Gasteiger partial charge in [-0.2, -0.15) is 12.7 Å². The van der Waals surface area contributed by atoms with Gasteiger partial charge in [0, 0.05) is 135 Å². The van der Waals surface area contributed by atoms with Gasteiger partial charge in [-0.25, -0.2) is 51.7 Å². The number of sulfonamides is 3. The fourth-order valence-corrected chi connectivity index (χ4v) is 18.0. The van der Waals surface area contributed by atoms with Crippen LogP contribution in [0.4, 0.5) is 20.2 Å². The van der Waals surface area contributed by atoms with Gasteiger partial charge in [0.2, 0.25) is 36.0 Å². The van der Waals surface area contributed by atoms with Gasteiger partial charge in [-0.05, 0) is 146 Å². The van der Waals surface area contributed by atoms with Crippen molar-refractivity contribution in [3.63, 3.8) is 0 Å². The average molecular weight is 1320 g/mol. The minimum atomic E-state index is -3.31. The summed E-state index contributed by atoms with van der Waals surface area (Å²) in [5.74, 6) is 0.307. The number of halogens is 3. The number of H-pyrrole nitrogens is 3. The van der Waals surface area contributed by atoms with Gasteiger partial charge in [-0.1, -0.05) is 67.1 Å². The summed E-state index contributed by atoms with van der Waals surface area (Å²) in [6.07, 6.45) is 12.3. The zero-order valence-corrected chi connectivity index (χ0v) is 54.1. The standard InChI is InChI=1S/C20H21FN2O2S.C16H21FN2O2S.C14H17ClN2O3S.C13H18N4O2S/c21-17-6-7-18-19(13-22-20(18)12-17)16-8-10-23(11-9-16)26(24,25)14-15-4-2-1-3-5-15;1-2-9-22(20,21)19-7-5-12(6-8-19)15-11-18-16-10-13(17)3-4-14(15)16;1-21(19,20)17-6-4-9(5-7-17)13-11-8-10(15)2-3-12(11)16-14(13)18;1-14-20(18,19)17-8-6-16(7-9-17)13-10-15-12-5-3-2-4-11(12)13/h1-7,12-13,16,22H,8-11,14H2;3-4,10-12,18H,2,5-9H2,1H3;2-3,8-9,13H,4-7H2,1H3,(H,16,18);2-5,10,14-15H,6-9H2,1H3. The van der Waals surface area contributed by atoms with Crippen LogP contribution < -0.4 is 14.9 Å². The molecule has 0 aliphatic carbocycles. The lowest BCUT2D eigenvalue weighted by atomic mass is 9.81. The van der Waals surface area contributed by atoms with E-state index in [2.05, 4.69) is 36.0 Å². The Hall–Kier alpha value is -6.26. The van der Waals surface area contributed by atoms with E-state index in [-0.39, 0.29) is 46.8 Å². The van der Waals surface area contributed by atoms with Crippen molar-refractivity contribution in [3.8, 4) is 0 Å². The van der Waals surface area contributed by atoms with Gasteiger partial charge in [-0.15, -0.1) is 0 Å². The summed E-state index contributed by atoms with van der Waals surface area (Å²) in [5, 5.41) is 6.74. The number of para-hydroxylation sites is 1. The number of nitrogens with zero attached hydrogens (tertiary/aromatic N) is 5. The lowest BCUT2D eigenvalue weighted by Gasteiger charge is -2.34. The van der Waals surface area contributed by atoms with Crippen LogP contribution in [0.2, 0.25) is 5.02 Å². The van der Waals surface area contributed by atoms with Crippen LogP contribution in [0.1, 0.15) is 91.9 Å². The molecule has 0 bridgehead atoms. The predicted octanol–water partition coefficient (Wildman–Crippen LogP) is 10.0. The second kappa shape index (κ2) is 28.1. The lowest BCUT2D eigenvalue weighted by molar-refractivity contribution is -0.118. The number of rotatable bonds is 13. The summed E-state index contributed by atoms with van der Waals surface area (Å²) in [6.45, 7) is 7.42. The number of hydrogen-bond acceptors (Lipinski definition) is 10. The number of hydrogen-bond donors (Lipinski definition) is 5. The van der Waals surface area contributed by atoms with Crippen LogP contribution in [-0.2, 0) is 50.8 Å². The Morgan fingerprint density at radius 1 is 0.551 bits per heavy atom. The lowest BCUT2D eigenvalue weighted by Crippen LogP contribution is -2.51. The first-order valence-corrected chi connectivity index (χ1v) is 37.0. The molecule has 1 atom stereocenters. The highest BCUT2D eigenvalue weighted by Crippen LogP contribution is 2.43. The molecule has 5 aromatic carbocycles. The molecule has 478 valence electrons. The number of nitrogens with one attached hydrogen (secondary N) is 5. The minimum absolute atomic E-state index is 0.00919. The second-order valence-corrected chi connectivity index (χ2v) is 31.6. The van der Waals surface area contributed by atoms with E-state index in [1.165, 1.54) is 57.1 Å². The number of piperidine rings is 3. The summed E-state index contributed by atoms with van der Waals surface area (Å²) >= 11 is 6.03. The molecule has 1 unspecified atom stereocenters. The molecular weight excluding hydrogens is 1240 g/mol. The number of fused-ring (bicyclic) bond motifs is 4. The Labute approximate surface area is 525 Å². The van der Waals surface area contributed by atoms with Crippen molar-refractivity contribution in [2.24, 2.45) is 5.92 Å². The van der Waals surface area contributed by atoms with Crippen molar-refractivity contribution in [1.82, 2.24) is 36.9 Å². The molecule has 5 aliphatic heterocycles. The molecule has 4 fully saturated rings. The number of benzene rings is 5. The third-order valence-corrected chi connectivity index (χ3v) is 24.7. The molecule has 89 heavy (non-hydrogen) atoms. The molecule has 0 radical (unpaired) electrons. The van der Waals surface area contributed by atoms with Crippen LogP contribution in [0.3, 0.4) is 0 Å². The van der Waals surface area contributed by atoms with Gasteiger partial charge in [0.25, 0.3) is 10.2 Å². The van der Waals surface area contributed by atoms with Gasteiger partial charge >= 0.3 is 0 Å². The van der Waals surface area contributed by atoms with Crippen molar-refractivity contribution in [3.05, 3.63) is 167 Å². The first-order valence-electron chi connectivity index (χ1n) is 30.1. The number of amides is 1. The van der Waals surface area contributed by atoms with E-state index in [0.29, 0.717) is 95.7 Å². The highest BCUT2D eigenvalue weighted by atomic mass is 35.5. The molecule has 0 spiro atoms. The largest absolute Gasteiger partial charge is 0.367 e. The molecule has 3 aromatic heterocycles. The van der Waals surface area contributed by atoms with Gasteiger partial charge in [0.1, 0.15) is 11.6 Å². The van der Waals surface area contributed by atoms with Crippen LogP contribution >= 0.6 is 11.6 Å². The highest BCUT2D eigenvalue weighted by molar-refractivity contribution is 7.89. The molecule has 5 aliphatic rings. The molecule has 26 heteroatoms. The first-order chi connectivity index (χ1) is 42.5. The Morgan fingerprint density at radius 2 is 1.08 bits per heavy atom. The summed E-state index contributed by atoms with van der Waals surface area (Å²) in [5.41, 5.74) is 8.73. The van der Waals surface area contributed by atoms with Gasteiger partial charge < -0.3 is 25.2 Å². The van der Waals surface area contributed by atoms with Crippen LogP contribution in [0, 0.1) is 17.6 Å². The van der Waals surface area contributed by atoms with Crippen LogP contribution in [0.15, 0.2) is 128 Å². The molecule has 8 heterocycles. The van der Waals surface area contributed by atoms with Crippen molar-refractivity contribution >= 4 is 102 Å². The number of carbonyl (C=O) groups excluding carboxylic acids is 1. The van der Waals surface area contributed by atoms with E-state index in [1.54, 1.807) is 26.8 Å². The van der Waals surface area contributed by atoms with Crippen molar-refractivity contribution < 1.29 is 47.2 Å². The van der Waals surface area contributed by atoms with Crippen molar-refractivity contribution in [2.45, 2.75) is 75.4 Å². The first kappa shape index (κ1) is 65.7. The van der Waals surface area contributed by atoms with Crippen LogP contribution in [0.5, 0.6) is 0 Å². The number of anilines is 2. The van der Waals surface area contributed by atoms with E-state index in [0.717, 1.165) is 81.1 Å². The topological polar surface area (TPSA) is 241 Å². The van der Waals surface area contributed by atoms with E-state index < -0.39 is 40.3 Å². The van der Waals surface area contributed by atoms with Gasteiger partial charge in [0.15, 0.2) is 0 Å². The summed E-state index contributed by atoms with van der Waals surface area (Å²) in [7, 11) is -11.4. The molecule has 4 saturated heterocycles. The summed E-state index contributed by atoms with van der Waals surface area (Å²) in [6, 6.07) is 32.4. The smallest absolute Gasteiger partial charge is 0.279 e. The van der Waals surface area contributed by atoms with E-state index in [1.807, 2.05) is 86.2 Å². The summed E-state index contributed by atoms with van der Waals surface area (Å²) < 4.78 is 131. The van der Waals surface area contributed by atoms with Gasteiger partial charge in [-0.3, -0.25) is 4.79 Å². The number of aromatic amines is 3. The zero-order valence-electron chi connectivity index (χ0n) is 50.0. The Balaban J connectivity index is 0.000000131. The fraction of sp³-hybridized carbons (Fsp3) is 0.413.